The number of amides is 1. The molecule has 1 unspecified atom stereocenters. The zero-order chi connectivity index (χ0) is 20.9. The lowest BCUT2D eigenvalue weighted by molar-refractivity contribution is -0.121. The second kappa shape index (κ2) is 9.10. The first kappa shape index (κ1) is 21.8. The lowest BCUT2D eigenvalue weighted by atomic mass is 10.1. The van der Waals surface area contributed by atoms with Crippen molar-refractivity contribution in [3.05, 3.63) is 59.2 Å². The number of nitrogens with one attached hydrogen (secondary N) is 1. The number of ether oxygens (including phenoxy) is 1. The number of sulfonamides is 1. The fourth-order valence-corrected chi connectivity index (χ4v) is 4.02. The van der Waals surface area contributed by atoms with E-state index in [1.165, 1.54) is 0 Å². The third-order valence-electron chi connectivity index (χ3n) is 4.38. The predicted molar refractivity (Wildman–Crippen MR) is 112 cm³/mol. The Hall–Kier alpha value is -2.54. The van der Waals surface area contributed by atoms with E-state index in [1.807, 2.05) is 51.1 Å². The highest BCUT2D eigenvalue weighted by atomic mass is 32.2. The van der Waals surface area contributed by atoms with Crippen LogP contribution < -0.4 is 14.4 Å². The molecule has 2 rings (SSSR count). The van der Waals surface area contributed by atoms with Gasteiger partial charge in [0, 0.05) is 0 Å². The number of benzene rings is 2. The SMILES string of the molecule is Cc1ccc(N(C(C)C(=O)NCCOc2cc(C)ccc2C)S(C)(=O)=O)cc1. The van der Waals surface area contributed by atoms with E-state index in [9.17, 15) is 13.2 Å². The van der Waals surface area contributed by atoms with E-state index in [0.717, 1.165) is 33.0 Å². The summed E-state index contributed by atoms with van der Waals surface area (Å²) < 4.78 is 31.4. The number of rotatable bonds is 8. The van der Waals surface area contributed by atoms with E-state index in [2.05, 4.69) is 5.32 Å². The summed E-state index contributed by atoms with van der Waals surface area (Å²) >= 11 is 0. The van der Waals surface area contributed by atoms with Gasteiger partial charge in [-0.05, 0) is 57.0 Å². The third-order valence-corrected chi connectivity index (χ3v) is 5.62. The summed E-state index contributed by atoms with van der Waals surface area (Å²) in [6, 6.07) is 12.1. The highest BCUT2D eigenvalue weighted by Gasteiger charge is 2.28. The van der Waals surface area contributed by atoms with Gasteiger partial charge in [0.1, 0.15) is 18.4 Å². The predicted octanol–water partition coefficient (Wildman–Crippen LogP) is 2.96. The van der Waals surface area contributed by atoms with Crippen molar-refractivity contribution in [3.8, 4) is 5.75 Å². The zero-order valence-electron chi connectivity index (χ0n) is 17.0. The molecule has 0 bridgehead atoms. The Balaban J connectivity index is 1.99. The van der Waals surface area contributed by atoms with E-state index in [4.69, 9.17) is 4.74 Å². The smallest absolute Gasteiger partial charge is 0.243 e. The van der Waals surface area contributed by atoms with Crippen LogP contribution in [0.25, 0.3) is 0 Å². The summed E-state index contributed by atoms with van der Waals surface area (Å²) in [7, 11) is -3.62. The first-order chi connectivity index (χ1) is 13.1. The molecule has 0 spiro atoms. The van der Waals surface area contributed by atoms with Crippen molar-refractivity contribution in [1.82, 2.24) is 5.32 Å². The Kier molecular flexibility index (Phi) is 7.07. The quantitative estimate of drug-likeness (QED) is 0.687. The third kappa shape index (κ3) is 5.73. The molecule has 0 aliphatic rings. The molecule has 0 aliphatic carbocycles. The zero-order valence-corrected chi connectivity index (χ0v) is 17.8. The standard InChI is InChI=1S/C21H28N2O4S/c1-15-7-10-19(11-8-15)23(28(5,25)26)18(4)21(24)22-12-13-27-20-14-16(2)6-9-17(20)3/h6-11,14,18H,12-13H2,1-5H3,(H,22,24). The highest BCUT2D eigenvalue weighted by molar-refractivity contribution is 7.92. The number of nitrogens with zero attached hydrogens (tertiary/aromatic N) is 1. The van der Waals surface area contributed by atoms with Gasteiger partial charge in [0.25, 0.3) is 0 Å². The molecule has 2 aromatic rings. The molecule has 0 aromatic heterocycles. The number of carbonyl (C=O) groups excluding carboxylic acids is 1. The van der Waals surface area contributed by atoms with Crippen molar-refractivity contribution in [2.24, 2.45) is 0 Å². The molecule has 6 nitrogen and oxygen atoms in total. The Bertz CT molecular complexity index is 924. The lowest BCUT2D eigenvalue weighted by Crippen LogP contribution is -2.48. The Morgan fingerprint density at radius 3 is 2.29 bits per heavy atom. The molecule has 0 saturated carbocycles. The summed E-state index contributed by atoms with van der Waals surface area (Å²) in [5.41, 5.74) is 3.59. The Morgan fingerprint density at radius 1 is 1.07 bits per heavy atom. The van der Waals surface area contributed by atoms with Crippen molar-refractivity contribution in [3.63, 3.8) is 0 Å². The largest absolute Gasteiger partial charge is 0.491 e. The minimum Gasteiger partial charge on any atom is -0.491 e. The van der Waals surface area contributed by atoms with Crippen LogP contribution in [-0.2, 0) is 14.8 Å². The monoisotopic (exact) mass is 404 g/mol. The van der Waals surface area contributed by atoms with E-state index >= 15 is 0 Å². The molecule has 28 heavy (non-hydrogen) atoms. The average molecular weight is 405 g/mol. The number of hydrogen-bond acceptors (Lipinski definition) is 4. The van der Waals surface area contributed by atoms with Crippen LogP contribution in [-0.4, -0.2) is 39.8 Å². The Labute approximate surface area is 167 Å². The van der Waals surface area contributed by atoms with Crippen molar-refractivity contribution < 1.29 is 17.9 Å². The van der Waals surface area contributed by atoms with Crippen LogP contribution in [0.1, 0.15) is 23.6 Å². The van der Waals surface area contributed by atoms with E-state index in [-0.39, 0.29) is 12.5 Å². The maximum absolute atomic E-state index is 12.5. The van der Waals surface area contributed by atoms with Gasteiger partial charge in [-0.3, -0.25) is 9.10 Å². The van der Waals surface area contributed by atoms with Crippen LogP contribution in [0.15, 0.2) is 42.5 Å². The minimum absolute atomic E-state index is 0.280. The van der Waals surface area contributed by atoms with Gasteiger partial charge < -0.3 is 10.1 Å². The molecule has 7 heteroatoms. The fraction of sp³-hybridized carbons (Fsp3) is 0.381. The maximum atomic E-state index is 12.5. The van der Waals surface area contributed by atoms with Gasteiger partial charge in [0.2, 0.25) is 15.9 Å². The summed E-state index contributed by atoms with van der Waals surface area (Å²) in [6.07, 6.45) is 1.10. The maximum Gasteiger partial charge on any atom is 0.243 e. The van der Waals surface area contributed by atoms with Crippen molar-refractivity contribution >= 4 is 21.6 Å². The average Bonchev–Trinajstić information content (AvgIpc) is 2.62. The molecule has 1 atom stereocenters. The molecule has 0 aliphatic heterocycles. The van der Waals surface area contributed by atoms with Gasteiger partial charge in [0.05, 0.1) is 18.5 Å². The van der Waals surface area contributed by atoms with Crippen LogP contribution in [0.4, 0.5) is 5.69 Å². The number of aryl methyl sites for hydroxylation is 3. The van der Waals surface area contributed by atoms with E-state index in [0.29, 0.717) is 12.3 Å². The van der Waals surface area contributed by atoms with Crippen LogP contribution >= 0.6 is 0 Å². The normalized spacial score (nSPS) is 12.3. The molecule has 152 valence electrons. The molecule has 0 fully saturated rings. The van der Waals surface area contributed by atoms with E-state index < -0.39 is 16.1 Å². The van der Waals surface area contributed by atoms with E-state index in [1.54, 1.807) is 19.1 Å². The van der Waals surface area contributed by atoms with Gasteiger partial charge in [-0.1, -0.05) is 29.8 Å². The molecule has 0 radical (unpaired) electrons. The minimum atomic E-state index is -3.62. The first-order valence-corrected chi connectivity index (χ1v) is 11.0. The number of anilines is 1. The first-order valence-electron chi connectivity index (χ1n) is 9.13. The fourth-order valence-electron chi connectivity index (χ4n) is 2.85. The van der Waals surface area contributed by atoms with Crippen molar-refractivity contribution in [2.45, 2.75) is 33.7 Å². The second-order valence-electron chi connectivity index (χ2n) is 6.98. The van der Waals surface area contributed by atoms with Gasteiger partial charge >= 0.3 is 0 Å². The molecule has 1 N–H and O–H groups in total. The van der Waals surface area contributed by atoms with Gasteiger partial charge in [-0.15, -0.1) is 0 Å². The van der Waals surface area contributed by atoms with Crippen LogP contribution in [0.2, 0.25) is 0 Å². The summed E-state index contributed by atoms with van der Waals surface area (Å²) in [5, 5.41) is 2.75. The van der Waals surface area contributed by atoms with Crippen molar-refractivity contribution in [1.29, 1.82) is 0 Å². The topological polar surface area (TPSA) is 75.7 Å². The molecule has 0 saturated heterocycles. The molecule has 1 amide bonds. The Morgan fingerprint density at radius 2 is 1.68 bits per heavy atom. The number of carbonyl (C=O) groups is 1. The summed E-state index contributed by atoms with van der Waals surface area (Å²) in [6.45, 7) is 8.01. The molecular formula is C21H28N2O4S. The van der Waals surface area contributed by atoms with Crippen LogP contribution in [0.5, 0.6) is 5.75 Å². The van der Waals surface area contributed by atoms with Gasteiger partial charge in [-0.2, -0.15) is 0 Å². The van der Waals surface area contributed by atoms with Gasteiger partial charge in [-0.25, -0.2) is 8.42 Å². The van der Waals surface area contributed by atoms with Crippen LogP contribution in [0.3, 0.4) is 0 Å². The number of hydrogen-bond donors (Lipinski definition) is 1. The highest BCUT2D eigenvalue weighted by Crippen LogP contribution is 2.21. The summed E-state index contributed by atoms with van der Waals surface area (Å²) in [5.74, 6) is 0.398. The molecule has 2 aromatic carbocycles. The van der Waals surface area contributed by atoms with Crippen molar-refractivity contribution in [2.75, 3.05) is 23.7 Å². The van der Waals surface area contributed by atoms with Crippen LogP contribution in [0, 0.1) is 20.8 Å². The second-order valence-corrected chi connectivity index (χ2v) is 8.84. The lowest BCUT2D eigenvalue weighted by Gasteiger charge is -2.28. The molecular weight excluding hydrogens is 376 g/mol. The molecule has 0 heterocycles. The summed E-state index contributed by atoms with van der Waals surface area (Å²) in [4.78, 5) is 12.5. The van der Waals surface area contributed by atoms with Gasteiger partial charge in [0.15, 0.2) is 0 Å².